The van der Waals surface area contributed by atoms with Gasteiger partial charge in [-0.3, -0.25) is 0 Å². The molecular formula is C13H9BrCl3N. The van der Waals surface area contributed by atoms with Crippen molar-refractivity contribution in [3.05, 3.63) is 67.1 Å². The van der Waals surface area contributed by atoms with Crippen molar-refractivity contribution in [1.82, 2.24) is 0 Å². The maximum atomic E-state index is 6.22. The van der Waals surface area contributed by atoms with Crippen molar-refractivity contribution in [2.45, 2.75) is 6.04 Å². The highest BCUT2D eigenvalue weighted by atomic mass is 79.9. The molecule has 0 heterocycles. The van der Waals surface area contributed by atoms with Crippen molar-refractivity contribution >= 4 is 50.7 Å². The van der Waals surface area contributed by atoms with E-state index in [2.05, 4.69) is 15.9 Å². The molecule has 5 heteroatoms. The van der Waals surface area contributed by atoms with E-state index >= 15 is 0 Å². The summed E-state index contributed by atoms with van der Waals surface area (Å²) in [5, 5.41) is 1.76. The van der Waals surface area contributed by atoms with Gasteiger partial charge in [-0.2, -0.15) is 0 Å². The van der Waals surface area contributed by atoms with Gasteiger partial charge >= 0.3 is 0 Å². The van der Waals surface area contributed by atoms with Crippen LogP contribution in [0.15, 0.2) is 40.9 Å². The molecule has 2 rings (SSSR count). The van der Waals surface area contributed by atoms with E-state index in [0.29, 0.717) is 15.1 Å². The number of hydrogen-bond acceptors (Lipinski definition) is 1. The van der Waals surface area contributed by atoms with Crippen molar-refractivity contribution in [2.75, 3.05) is 0 Å². The van der Waals surface area contributed by atoms with Crippen LogP contribution in [0.3, 0.4) is 0 Å². The number of halogens is 4. The lowest BCUT2D eigenvalue weighted by atomic mass is 10.00. The lowest BCUT2D eigenvalue weighted by Gasteiger charge is -2.16. The van der Waals surface area contributed by atoms with Crippen LogP contribution in [-0.4, -0.2) is 0 Å². The molecule has 0 aliphatic rings. The van der Waals surface area contributed by atoms with Crippen LogP contribution in [0, 0.1) is 0 Å². The third-order valence-electron chi connectivity index (χ3n) is 2.59. The maximum Gasteiger partial charge on any atom is 0.0578 e. The Labute approximate surface area is 129 Å². The lowest BCUT2D eigenvalue weighted by Crippen LogP contribution is -2.13. The van der Waals surface area contributed by atoms with Crippen molar-refractivity contribution in [1.29, 1.82) is 0 Å². The molecule has 2 aromatic rings. The summed E-state index contributed by atoms with van der Waals surface area (Å²) in [4.78, 5) is 0. The summed E-state index contributed by atoms with van der Waals surface area (Å²) in [7, 11) is 0. The van der Waals surface area contributed by atoms with Gasteiger partial charge in [0.05, 0.1) is 6.04 Å². The van der Waals surface area contributed by atoms with Crippen LogP contribution in [0.2, 0.25) is 15.1 Å². The zero-order chi connectivity index (χ0) is 13.3. The van der Waals surface area contributed by atoms with E-state index in [4.69, 9.17) is 40.5 Å². The second-order valence-corrected chi connectivity index (χ2v) is 5.94. The van der Waals surface area contributed by atoms with Gasteiger partial charge < -0.3 is 5.73 Å². The van der Waals surface area contributed by atoms with Crippen LogP contribution < -0.4 is 5.73 Å². The Morgan fingerprint density at radius 3 is 2.17 bits per heavy atom. The monoisotopic (exact) mass is 363 g/mol. The van der Waals surface area contributed by atoms with E-state index in [9.17, 15) is 0 Å². The first-order valence-corrected chi connectivity index (χ1v) is 7.07. The molecule has 0 amide bonds. The molecule has 2 aromatic carbocycles. The van der Waals surface area contributed by atoms with Gasteiger partial charge in [-0.15, -0.1) is 0 Å². The van der Waals surface area contributed by atoms with Gasteiger partial charge in [0.1, 0.15) is 0 Å². The minimum atomic E-state index is -0.358. The minimum absolute atomic E-state index is 0.358. The van der Waals surface area contributed by atoms with E-state index in [1.807, 2.05) is 18.2 Å². The summed E-state index contributed by atoms with van der Waals surface area (Å²) in [6, 6.07) is 10.4. The predicted octanol–water partition coefficient (Wildman–Crippen LogP) is 5.46. The van der Waals surface area contributed by atoms with E-state index in [1.54, 1.807) is 18.2 Å². The second kappa shape index (κ2) is 5.81. The Hall–Kier alpha value is -0.250. The third-order valence-corrected chi connectivity index (χ3v) is 4.11. The Morgan fingerprint density at radius 2 is 1.50 bits per heavy atom. The highest BCUT2D eigenvalue weighted by Gasteiger charge is 2.15. The first kappa shape index (κ1) is 14.2. The third kappa shape index (κ3) is 3.01. The Morgan fingerprint density at radius 1 is 0.889 bits per heavy atom. The van der Waals surface area contributed by atoms with Crippen LogP contribution in [0.5, 0.6) is 0 Å². The van der Waals surface area contributed by atoms with Crippen molar-refractivity contribution in [2.24, 2.45) is 5.73 Å². The molecule has 0 saturated carbocycles. The van der Waals surface area contributed by atoms with Crippen LogP contribution >= 0.6 is 50.7 Å². The molecule has 1 nitrogen and oxygen atoms in total. The number of nitrogens with two attached hydrogens (primary N) is 1. The smallest absolute Gasteiger partial charge is 0.0578 e. The van der Waals surface area contributed by atoms with Gasteiger partial charge in [-0.05, 0) is 41.5 Å². The largest absolute Gasteiger partial charge is 0.320 e. The molecule has 0 radical (unpaired) electrons. The first-order valence-electron chi connectivity index (χ1n) is 5.14. The molecule has 18 heavy (non-hydrogen) atoms. The highest BCUT2D eigenvalue weighted by molar-refractivity contribution is 9.10. The summed E-state index contributed by atoms with van der Waals surface area (Å²) in [5.41, 5.74) is 7.91. The highest BCUT2D eigenvalue weighted by Crippen LogP contribution is 2.33. The van der Waals surface area contributed by atoms with Crippen molar-refractivity contribution in [3.8, 4) is 0 Å². The normalized spacial score (nSPS) is 12.5. The van der Waals surface area contributed by atoms with Gasteiger partial charge in [0.2, 0.25) is 0 Å². The number of benzene rings is 2. The van der Waals surface area contributed by atoms with Crippen LogP contribution in [-0.2, 0) is 0 Å². The van der Waals surface area contributed by atoms with E-state index in [1.165, 1.54) is 0 Å². The van der Waals surface area contributed by atoms with Gasteiger partial charge in [0.25, 0.3) is 0 Å². The van der Waals surface area contributed by atoms with Gasteiger partial charge in [0.15, 0.2) is 0 Å². The summed E-state index contributed by atoms with van der Waals surface area (Å²) >= 11 is 21.5. The second-order valence-electron chi connectivity index (χ2n) is 3.81. The molecule has 1 atom stereocenters. The number of hydrogen-bond donors (Lipinski definition) is 1. The zero-order valence-electron chi connectivity index (χ0n) is 9.13. The standard InChI is InChI=1S/C13H9BrCl3N/c14-11-4-2-7(15)5-10(11)13(18)9-3-1-8(16)6-12(9)17/h1-6,13H,18H2. The van der Waals surface area contributed by atoms with Gasteiger partial charge in [-0.1, -0.05) is 56.8 Å². The quantitative estimate of drug-likeness (QED) is 0.752. The molecule has 0 aromatic heterocycles. The van der Waals surface area contributed by atoms with E-state index < -0.39 is 0 Å². The fraction of sp³-hybridized carbons (Fsp3) is 0.0769. The molecule has 1 unspecified atom stereocenters. The van der Waals surface area contributed by atoms with Crippen molar-refractivity contribution in [3.63, 3.8) is 0 Å². The fourth-order valence-corrected chi connectivity index (χ4v) is 2.87. The predicted molar refractivity (Wildman–Crippen MR) is 81.6 cm³/mol. The molecule has 0 aliphatic carbocycles. The molecule has 2 N–H and O–H groups in total. The topological polar surface area (TPSA) is 26.0 Å². The van der Waals surface area contributed by atoms with Crippen LogP contribution in [0.1, 0.15) is 17.2 Å². The molecule has 0 fully saturated rings. The van der Waals surface area contributed by atoms with E-state index in [-0.39, 0.29) is 6.04 Å². The molecule has 0 spiro atoms. The molecule has 0 saturated heterocycles. The van der Waals surface area contributed by atoms with Gasteiger partial charge in [-0.25, -0.2) is 0 Å². The summed E-state index contributed by atoms with van der Waals surface area (Å²) in [5.74, 6) is 0. The summed E-state index contributed by atoms with van der Waals surface area (Å²) in [6.07, 6.45) is 0. The number of rotatable bonds is 2. The SMILES string of the molecule is NC(c1ccc(Cl)cc1Cl)c1cc(Cl)ccc1Br. The summed E-state index contributed by atoms with van der Waals surface area (Å²) < 4.78 is 0.894. The lowest BCUT2D eigenvalue weighted by molar-refractivity contribution is 0.866. The average molecular weight is 365 g/mol. The fourth-order valence-electron chi connectivity index (χ4n) is 1.67. The van der Waals surface area contributed by atoms with Crippen LogP contribution in [0.4, 0.5) is 0 Å². The molecular weight excluding hydrogens is 356 g/mol. The Kier molecular flexibility index (Phi) is 4.57. The zero-order valence-corrected chi connectivity index (χ0v) is 13.0. The molecule has 0 bridgehead atoms. The van der Waals surface area contributed by atoms with E-state index in [0.717, 1.165) is 15.6 Å². The summed E-state index contributed by atoms with van der Waals surface area (Å²) in [6.45, 7) is 0. The minimum Gasteiger partial charge on any atom is -0.320 e. The molecule has 0 aliphatic heterocycles. The molecule has 94 valence electrons. The van der Waals surface area contributed by atoms with Crippen LogP contribution in [0.25, 0.3) is 0 Å². The first-order chi connectivity index (χ1) is 8.49. The Balaban J connectivity index is 2.47. The van der Waals surface area contributed by atoms with Gasteiger partial charge in [0, 0.05) is 19.5 Å². The average Bonchev–Trinajstić information content (AvgIpc) is 2.31. The van der Waals surface area contributed by atoms with Crippen molar-refractivity contribution < 1.29 is 0 Å². The Bertz CT molecular complexity index is 586. The maximum absolute atomic E-state index is 6.22.